The van der Waals surface area contributed by atoms with Gasteiger partial charge in [-0.05, 0) is 0 Å². The van der Waals surface area contributed by atoms with E-state index in [-0.39, 0.29) is 0 Å². The maximum absolute atomic E-state index is 2.63. The fraction of sp³-hybridized carbons (Fsp3) is 0.250. The van der Waals surface area contributed by atoms with Crippen LogP contribution in [0.1, 0.15) is 59.1 Å². The summed E-state index contributed by atoms with van der Waals surface area (Å²) in [5.74, 6) is 0.831. The minimum atomic E-state index is -2.08. The zero-order valence-electron chi connectivity index (χ0n) is 22.0. The van der Waals surface area contributed by atoms with Crippen molar-refractivity contribution >= 4 is 62.4 Å². The molecule has 0 saturated heterocycles. The Bertz CT molecular complexity index is 1350. The van der Waals surface area contributed by atoms with E-state index >= 15 is 0 Å². The second kappa shape index (κ2) is 8.70. The Kier molecular flexibility index (Phi) is 5.88. The fourth-order valence-electron chi connectivity index (χ4n) is 7.42. The molecule has 0 heterocycles. The van der Waals surface area contributed by atoms with Gasteiger partial charge in [0.15, 0.2) is 0 Å². The molecule has 0 fully saturated rings. The van der Waals surface area contributed by atoms with Gasteiger partial charge in [-0.15, -0.1) is 0 Å². The van der Waals surface area contributed by atoms with Crippen molar-refractivity contribution in [2.45, 2.75) is 51.6 Å². The average molecular weight is 457 g/mol. The van der Waals surface area contributed by atoms with Gasteiger partial charge >= 0.3 is 231 Å². The Morgan fingerprint density at radius 1 is 0.657 bits per heavy atom. The van der Waals surface area contributed by atoms with Gasteiger partial charge in [0.25, 0.3) is 0 Å². The first-order valence-electron chi connectivity index (χ1n) is 13.3. The third-order valence-electron chi connectivity index (χ3n) is 9.00. The molecule has 4 aliphatic carbocycles. The molecule has 0 radical (unpaired) electrons. The van der Waals surface area contributed by atoms with E-state index in [1.165, 1.54) is 30.8 Å². The van der Waals surface area contributed by atoms with Crippen molar-refractivity contribution in [2.24, 2.45) is 0 Å². The number of hydrogen-bond donors (Lipinski definition) is 0. The van der Waals surface area contributed by atoms with Crippen molar-refractivity contribution in [3.63, 3.8) is 0 Å². The van der Waals surface area contributed by atoms with Crippen LogP contribution in [0.3, 0.4) is 0 Å². The molecule has 0 saturated carbocycles. The number of hydrogen-bond acceptors (Lipinski definition) is 0. The van der Waals surface area contributed by atoms with Crippen LogP contribution in [0.25, 0.3) is 8.49 Å². The molecule has 2 aromatic carbocycles. The van der Waals surface area contributed by atoms with E-state index < -0.39 is 8.07 Å². The summed E-state index contributed by atoms with van der Waals surface area (Å²) in [5.41, 5.74) is 12.3. The predicted molar refractivity (Wildman–Crippen MR) is 156 cm³/mol. The van der Waals surface area contributed by atoms with Gasteiger partial charge in [-0.25, -0.2) is 0 Å². The summed E-state index contributed by atoms with van der Waals surface area (Å²) in [5, 5.41) is 3.36. The van der Waals surface area contributed by atoms with E-state index in [1.54, 1.807) is 32.6 Å². The maximum atomic E-state index is 2.63. The molecule has 0 nitrogen and oxygen atoms in total. The van der Waals surface area contributed by atoms with E-state index in [0.717, 1.165) is 12.8 Å². The van der Waals surface area contributed by atoms with Crippen molar-refractivity contribution < 1.29 is 0 Å². The van der Waals surface area contributed by atoms with Gasteiger partial charge in [0.1, 0.15) is 0 Å². The van der Waals surface area contributed by atoms with Crippen LogP contribution in [0.5, 0.6) is 0 Å². The summed E-state index contributed by atoms with van der Waals surface area (Å²) in [7, 11) is -2.08. The molecule has 3 heteroatoms. The Labute approximate surface area is 230 Å². The van der Waals surface area contributed by atoms with Crippen LogP contribution >= 0.6 is 0 Å². The topological polar surface area (TPSA) is 0 Å². The molecular formula is C32H30Li2Si. The van der Waals surface area contributed by atoms with E-state index in [9.17, 15) is 0 Å². The molecule has 164 valence electrons. The zero-order valence-corrected chi connectivity index (χ0v) is 23.0. The molecule has 6 rings (SSSR count). The van der Waals surface area contributed by atoms with Crippen molar-refractivity contribution in [1.29, 1.82) is 0 Å². The molecule has 0 aliphatic heterocycles. The van der Waals surface area contributed by atoms with Gasteiger partial charge in [0, 0.05) is 0 Å². The summed E-state index contributed by atoms with van der Waals surface area (Å²) in [6.07, 6.45) is 20.5. The summed E-state index contributed by atoms with van der Waals surface area (Å²) in [6, 6.07) is 9.77. The van der Waals surface area contributed by atoms with E-state index in [2.05, 4.69) is 135 Å². The molecule has 0 amide bonds. The SMILES string of the molecule is [Li][C]1=C2C=CC=CC2c2ccc(CC)c([Si](C)(C)c3c(CC)ccc4c3[C]([Li])=C3C=CC=CC34)c21. The predicted octanol–water partition coefficient (Wildman–Crippen LogP) is 5.84. The molecule has 0 aromatic heterocycles. The van der Waals surface area contributed by atoms with Crippen LogP contribution in [0.2, 0.25) is 13.1 Å². The number of rotatable bonds is 4. The number of allylic oxidation sites excluding steroid dienone is 10. The van der Waals surface area contributed by atoms with Crippen molar-refractivity contribution in [3.05, 3.63) is 117 Å². The standard InChI is InChI=1S/C32H30Si.2Li/c1-5-21-15-17-27-25-13-9-7-11-23(25)19-29(27)31(21)33(3,4)32-22(6-2)16-18-28-26-14-10-8-12-24(26)20-30(28)32;;/h7-18,25-26H,5-6H2,1-4H3;;. The third-order valence-corrected chi connectivity index (χ3v) is 12.6. The van der Waals surface area contributed by atoms with Crippen molar-refractivity contribution in [2.75, 3.05) is 0 Å². The Morgan fingerprint density at radius 3 is 1.49 bits per heavy atom. The van der Waals surface area contributed by atoms with Gasteiger partial charge in [-0.3, -0.25) is 0 Å². The molecule has 0 spiro atoms. The van der Waals surface area contributed by atoms with Gasteiger partial charge < -0.3 is 0 Å². The van der Waals surface area contributed by atoms with Crippen LogP contribution < -0.4 is 10.4 Å². The Hall–Kier alpha value is -1.71. The van der Waals surface area contributed by atoms with Gasteiger partial charge in [-0.1, -0.05) is 0 Å². The van der Waals surface area contributed by atoms with Crippen LogP contribution in [-0.2, 0) is 12.8 Å². The van der Waals surface area contributed by atoms with Crippen LogP contribution in [-0.4, -0.2) is 43.5 Å². The summed E-state index contributed by atoms with van der Waals surface area (Å²) >= 11 is 4.75. The van der Waals surface area contributed by atoms with Gasteiger partial charge in [0.05, 0.1) is 0 Å². The normalized spacial score (nSPS) is 21.6. The van der Waals surface area contributed by atoms with Crippen LogP contribution in [0, 0.1) is 0 Å². The Balaban J connectivity index is 1.67. The molecular weight excluding hydrogens is 426 g/mol. The molecule has 0 N–H and O–H groups in total. The first-order valence-corrected chi connectivity index (χ1v) is 16.3. The third kappa shape index (κ3) is 3.33. The van der Waals surface area contributed by atoms with E-state index in [0.29, 0.717) is 11.8 Å². The minimum absolute atomic E-state index is 0.415. The average Bonchev–Trinajstić information content (AvgIpc) is 3.34. The molecule has 35 heavy (non-hydrogen) atoms. The molecule has 2 unspecified atom stereocenters. The molecule has 2 atom stereocenters. The van der Waals surface area contributed by atoms with Crippen LogP contribution in [0.4, 0.5) is 0 Å². The summed E-state index contributed by atoms with van der Waals surface area (Å²) in [6.45, 7) is 9.95. The van der Waals surface area contributed by atoms with Gasteiger partial charge in [0.2, 0.25) is 0 Å². The Morgan fingerprint density at radius 2 is 1.09 bits per heavy atom. The van der Waals surface area contributed by atoms with Crippen molar-refractivity contribution in [3.8, 4) is 0 Å². The van der Waals surface area contributed by atoms with E-state index in [1.807, 2.05) is 0 Å². The van der Waals surface area contributed by atoms with Crippen molar-refractivity contribution in [1.82, 2.24) is 0 Å². The first-order chi connectivity index (χ1) is 16.9. The zero-order chi connectivity index (χ0) is 24.5. The molecule has 4 aliphatic rings. The summed E-state index contributed by atoms with van der Waals surface area (Å²) < 4.78 is 2.99. The van der Waals surface area contributed by atoms with E-state index in [4.69, 9.17) is 0 Å². The second-order valence-electron chi connectivity index (χ2n) is 11.1. The van der Waals surface area contributed by atoms with Gasteiger partial charge in [-0.2, -0.15) is 0 Å². The monoisotopic (exact) mass is 456 g/mol. The molecule has 0 bridgehead atoms. The quantitative estimate of drug-likeness (QED) is 0.507. The number of benzene rings is 2. The fourth-order valence-corrected chi connectivity index (χ4v) is 11.7. The second-order valence-corrected chi connectivity index (χ2v) is 15.3. The number of aryl methyl sites for hydroxylation is 2. The summed E-state index contributed by atoms with van der Waals surface area (Å²) in [4.78, 5) is 0. The number of fused-ring (bicyclic) bond motifs is 6. The molecule has 2 aromatic rings. The van der Waals surface area contributed by atoms with Crippen LogP contribution in [0.15, 0.2) is 84.0 Å². The first kappa shape index (κ1) is 23.7.